The van der Waals surface area contributed by atoms with Crippen LogP contribution in [0.1, 0.15) is 55.5 Å². The largest absolute Gasteiger partial charge is 0.337 e. The van der Waals surface area contributed by atoms with Gasteiger partial charge in [0.2, 0.25) is 5.78 Å². The lowest BCUT2D eigenvalue weighted by Crippen LogP contribution is -2.43. The summed E-state index contributed by atoms with van der Waals surface area (Å²) in [5.41, 5.74) is 0.924. The van der Waals surface area contributed by atoms with E-state index in [2.05, 4.69) is 13.8 Å². The third kappa shape index (κ3) is 2.41. The average molecular weight is 321 g/mol. The van der Waals surface area contributed by atoms with Gasteiger partial charge in [-0.25, -0.2) is 0 Å². The number of rotatable bonds is 4. The summed E-state index contributed by atoms with van der Waals surface area (Å²) >= 11 is 6.38. The zero-order valence-electron chi connectivity index (χ0n) is 13.0. The maximum absolute atomic E-state index is 12.9. The molecule has 4 heteroatoms. The first-order valence-electron chi connectivity index (χ1n) is 7.92. The molecule has 0 bridgehead atoms. The summed E-state index contributed by atoms with van der Waals surface area (Å²) in [6, 6.07) is 7.33. The highest BCUT2D eigenvalue weighted by atomic mass is 35.5. The average Bonchev–Trinajstić information content (AvgIpc) is 2.86. The number of fused-ring (bicyclic) bond motifs is 1. The quantitative estimate of drug-likeness (QED) is 0.816. The summed E-state index contributed by atoms with van der Waals surface area (Å²) in [6.45, 7) is 4.67. The number of ether oxygens (including phenoxy) is 2. The van der Waals surface area contributed by atoms with Crippen LogP contribution in [0.3, 0.4) is 0 Å². The highest BCUT2D eigenvalue weighted by Gasteiger charge is 2.55. The van der Waals surface area contributed by atoms with Gasteiger partial charge in [0.05, 0.1) is 17.2 Å². The number of hydrogen-bond donors (Lipinski definition) is 0. The Labute approximate surface area is 136 Å². The molecule has 1 atom stereocenters. The molecule has 1 aromatic rings. The standard InChI is InChI=1S/C18H21ClO3/c1-3-9-17(10-4-2)12-21-18(22-17)11-15(19)13-7-5-6-8-14(13)16(18)20/h5-8,11H,3-4,9-10,12H2,1-2H3/t18-/m1/s1. The van der Waals surface area contributed by atoms with Gasteiger partial charge in [0.1, 0.15) is 0 Å². The second-order valence-corrected chi connectivity index (χ2v) is 6.52. The van der Waals surface area contributed by atoms with Crippen molar-refractivity contribution in [3.63, 3.8) is 0 Å². The number of ketones is 1. The van der Waals surface area contributed by atoms with Crippen LogP contribution < -0.4 is 0 Å². The number of hydrogen-bond acceptors (Lipinski definition) is 3. The first-order valence-corrected chi connectivity index (χ1v) is 8.30. The molecular weight excluding hydrogens is 300 g/mol. The maximum Gasteiger partial charge on any atom is 0.256 e. The van der Waals surface area contributed by atoms with Gasteiger partial charge in [-0.05, 0) is 12.8 Å². The third-order valence-electron chi connectivity index (χ3n) is 4.39. The lowest BCUT2D eigenvalue weighted by Gasteiger charge is -2.32. The first kappa shape index (κ1) is 15.7. The molecule has 1 fully saturated rings. The fourth-order valence-corrected chi connectivity index (χ4v) is 3.78. The molecule has 1 spiro atoms. The minimum Gasteiger partial charge on any atom is -0.337 e. The number of Topliss-reactive ketones (excluding diaryl/α,β-unsaturated/α-hetero) is 1. The van der Waals surface area contributed by atoms with Crippen molar-refractivity contribution in [3.05, 3.63) is 41.5 Å². The number of benzene rings is 1. The Morgan fingerprint density at radius 2 is 1.77 bits per heavy atom. The Kier molecular flexibility index (Phi) is 4.15. The van der Waals surface area contributed by atoms with E-state index < -0.39 is 5.79 Å². The van der Waals surface area contributed by atoms with Crippen LogP contribution in [0.25, 0.3) is 5.03 Å². The lowest BCUT2D eigenvalue weighted by molar-refractivity contribution is -0.124. The van der Waals surface area contributed by atoms with Crippen molar-refractivity contribution in [1.29, 1.82) is 0 Å². The van der Waals surface area contributed by atoms with Crippen LogP contribution in [0.4, 0.5) is 0 Å². The third-order valence-corrected chi connectivity index (χ3v) is 4.70. The van der Waals surface area contributed by atoms with E-state index >= 15 is 0 Å². The van der Waals surface area contributed by atoms with E-state index in [4.69, 9.17) is 21.1 Å². The fourth-order valence-electron chi connectivity index (χ4n) is 3.47. The smallest absolute Gasteiger partial charge is 0.256 e. The molecule has 0 radical (unpaired) electrons. The van der Waals surface area contributed by atoms with Crippen LogP contribution in [0.5, 0.6) is 0 Å². The molecule has 1 saturated heterocycles. The van der Waals surface area contributed by atoms with Gasteiger partial charge in [-0.1, -0.05) is 62.6 Å². The van der Waals surface area contributed by atoms with Crippen molar-refractivity contribution in [2.24, 2.45) is 0 Å². The van der Waals surface area contributed by atoms with Crippen molar-refractivity contribution in [2.75, 3.05) is 6.61 Å². The summed E-state index contributed by atoms with van der Waals surface area (Å²) in [5, 5.41) is 0.513. The van der Waals surface area contributed by atoms with Gasteiger partial charge in [-0.3, -0.25) is 4.79 Å². The molecule has 0 N–H and O–H groups in total. The number of carbonyl (C=O) groups is 1. The van der Waals surface area contributed by atoms with E-state index in [-0.39, 0.29) is 11.4 Å². The summed E-state index contributed by atoms with van der Waals surface area (Å²) in [7, 11) is 0. The number of carbonyl (C=O) groups excluding carboxylic acids is 1. The Balaban J connectivity index is 1.99. The van der Waals surface area contributed by atoms with Crippen LogP contribution in [0.2, 0.25) is 0 Å². The molecule has 3 nitrogen and oxygen atoms in total. The van der Waals surface area contributed by atoms with Crippen molar-refractivity contribution >= 4 is 22.4 Å². The molecule has 22 heavy (non-hydrogen) atoms. The second kappa shape index (κ2) is 5.80. The molecule has 2 aliphatic rings. The predicted molar refractivity (Wildman–Crippen MR) is 86.9 cm³/mol. The molecule has 1 aromatic carbocycles. The van der Waals surface area contributed by atoms with Gasteiger partial charge < -0.3 is 9.47 Å². The summed E-state index contributed by atoms with van der Waals surface area (Å²) in [6.07, 6.45) is 5.36. The van der Waals surface area contributed by atoms with E-state index in [9.17, 15) is 4.79 Å². The molecule has 0 aromatic heterocycles. The van der Waals surface area contributed by atoms with Crippen molar-refractivity contribution in [3.8, 4) is 0 Å². The Hall–Kier alpha value is -1.16. The van der Waals surface area contributed by atoms with Gasteiger partial charge in [0.25, 0.3) is 5.79 Å². The van der Waals surface area contributed by atoms with Crippen LogP contribution in [0, 0.1) is 0 Å². The summed E-state index contributed by atoms with van der Waals surface area (Å²) < 4.78 is 12.2. The molecule has 0 saturated carbocycles. The van der Waals surface area contributed by atoms with Gasteiger partial charge >= 0.3 is 0 Å². The molecule has 118 valence electrons. The highest BCUT2D eigenvalue weighted by Crippen LogP contribution is 2.45. The molecular formula is C18H21ClO3. The zero-order valence-corrected chi connectivity index (χ0v) is 13.8. The first-order chi connectivity index (χ1) is 10.6. The monoisotopic (exact) mass is 320 g/mol. The molecule has 1 aliphatic heterocycles. The Morgan fingerprint density at radius 1 is 1.14 bits per heavy atom. The SMILES string of the molecule is CCCC1(CCC)CO[C@]2(C=C(Cl)c3ccccc3C2=O)O1. The molecule has 3 rings (SSSR count). The second-order valence-electron chi connectivity index (χ2n) is 6.11. The Bertz CT molecular complexity index is 617. The summed E-state index contributed by atoms with van der Waals surface area (Å²) in [5.74, 6) is -1.50. The van der Waals surface area contributed by atoms with E-state index in [0.29, 0.717) is 17.2 Å². The van der Waals surface area contributed by atoms with Gasteiger partial charge in [-0.2, -0.15) is 0 Å². The van der Waals surface area contributed by atoms with Crippen LogP contribution in [-0.2, 0) is 9.47 Å². The van der Waals surface area contributed by atoms with Crippen LogP contribution >= 0.6 is 11.6 Å². The lowest BCUT2D eigenvalue weighted by atomic mass is 9.90. The van der Waals surface area contributed by atoms with Gasteiger partial charge in [0.15, 0.2) is 0 Å². The van der Waals surface area contributed by atoms with E-state index in [1.165, 1.54) is 0 Å². The van der Waals surface area contributed by atoms with E-state index in [0.717, 1.165) is 31.2 Å². The van der Waals surface area contributed by atoms with Crippen molar-refractivity contribution in [1.82, 2.24) is 0 Å². The van der Waals surface area contributed by atoms with Crippen LogP contribution in [-0.4, -0.2) is 23.8 Å². The predicted octanol–water partition coefficient (Wildman–Crippen LogP) is 4.54. The zero-order chi connectivity index (χ0) is 15.8. The molecule has 0 amide bonds. The normalized spacial score (nSPS) is 26.1. The van der Waals surface area contributed by atoms with Gasteiger partial charge in [-0.15, -0.1) is 0 Å². The van der Waals surface area contributed by atoms with E-state index in [1.807, 2.05) is 18.2 Å². The minimum atomic E-state index is -1.35. The molecule has 1 heterocycles. The maximum atomic E-state index is 12.9. The highest BCUT2D eigenvalue weighted by molar-refractivity contribution is 6.50. The minimum absolute atomic E-state index is 0.151. The fraction of sp³-hybridized carbons (Fsp3) is 0.500. The van der Waals surface area contributed by atoms with Crippen LogP contribution in [0.15, 0.2) is 30.3 Å². The van der Waals surface area contributed by atoms with Crippen molar-refractivity contribution < 1.29 is 14.3 Å². The van der Waals surface area contributed by atoms with Crippen molar-refractivity contribution in [2.45, 2.75) is 50.9 Å². The number of halogens is 1. The van der Waals surface area contributed by atoms with E-state index in [1.54, 1.807) is 12.1 Å². The molecule has 0 unspecified atom stereocenters. The summed E-state index contributed by atoms with van der Waals surface area (Å²) in [4.78, 5) is 12.9. The van der Waals surface area contributed by atoms with Gasteiger partial charge in [0, 0.05) is 17.2 Å². The Morgan fingerprint density at radius 3 is 2.41 bits per heavy atom. The molecule has 1 aliphatic carbocycles. The topological polar surface area (TPSA) is 35.5 Å².